The third-order valence-electron chi connectivity index (χ3n) is 4.57. The van der Waals surface area contributed by atoms with Crippen molar-refractivity contribution in [3.63, 3.8) is 0 Å². The zero-order valence-corrected chi connectivity index (χ0v) is 13.7. The van der Waals surface area contributed by atoms with Crippen molar-refractivity contribution in [3.05, 3.63) is 20.8 Å². The molecule has 102 valence electrons. The molecule has 0 spiro atoms. The largest absolute Gasteiger partial charge is 0.329 e. The summed E-state index contributed by atoms with van der Waals surface area (Å²) < 4.78 is 1.21. The van der Waals surface area contributed by atoms with E-state index >= 15 is 0 Å². The van der Waals surface area contributed by atoms with Crippen LogP contribution in [0.2, 0.25) is 0 Å². The van der Waals surface area contributed by atoms with Crippen LogP contribution in [0.5, 0.6) is 0 Å². The van der Waals surface area contributed by atoms with Gasteiger partial charge in [0.15, 0.2) is 0 Å². The lowest BCUT2D eigenvalue weighted by atomic mass is 9.72. The van der Waals surface area contributed by atoms with E-state index in [1.54, 1.807) is 11.3 Å². The smallest absolute Gasteiger partial charge is 0.0701 e. The molecule has 0 radical (unpaired) electrons. The highest BCUT2D eigenvalue weighted by Crippen LogP contribution is 2.38. The Hall–Kier alpha value is 0.100. The Morgan fingerprint density at radius 3 is 2.89 bits per heavy atom. The number of likely N-dealkylation sites (N-methyl/N-ethyl adjacent to an activating group) is 1. The number of rotatable bonds is 4. The second kappa shape index (κ2) is 6.04. The van der Waals surface area contributed by atoms with Crippen LogP contribution in [0.1, 0.15) is 38.2 Å². The van der Waals surface area contributed by atoms with Crippen LogP contribution >= 0.6 is 27.3 Å². The van der Waals surface area contributed by atoms with Crippen molar-refractivity contribution in [2.45, 2.75) is 44.7 Å². The third kappa shape index (κ3) is 2.82. The summed E-state index contributed by atoms with van der Waals surface area (Å²) in [6, 6.07) is 2.22. The van der Waals surface area contributed by atoms with E-state index in [0.717, 1.165) is 13.1 Å². The predicted octanol–water partition coefficient (Wildman–Crippen LogP) is 3.85. The maximum absolute atomic E-state index is 6.14. The first-order chi connectivity index (χ1) is 8.58. The summed E-state index contributed by atoms with van der Waals surface area (Å²) in [5.41, 5.74) is 7.73. The van der Waals surface area contributed by atoms with Crippen LogP contribution in [0.25, 0.3) is 0 Å². The molecule has 18 heavy (non-hydrogen) atoms. The molecule has 2 atom stereocenters. The Morgan fingerprint density at radius 1 is 1.56 bits per heavy atom. The van der Waals surface area contributed by atoms with Crippen molar-refractivity contribution in [3.8, 4) is 0 Å². The Morgan fingerprint density at radius 2 is 2.33 bits per heavy atom. The molecule has 1 heterocycles. The molecule has 1 fully saturated rings. The highest BCUT2D eigenvalue weighted by atomic mass is 79.9. The lowest BCUT2D eigenvalue weighted by Gasteiger charge is -2.48. The number of hydrogen-bond acceptors (Lipinski definition) is 3. The van der Waals surface area contributed by atoms with E-state index < -0.39 is 0 Å². The summed E-state index contributed by atoms with van der Waals surface area (Å²) in [4.78, 5) is 2.49. The lowest BCUT2D eigenvalue weighted by Crippen LogP contribution is -2.57. The molecule has 1 aliphatic carbocycles. The van der Waals surface area contributed by atoms with Gasteiger partial charge in [-0.3, -0.25) is 4.90 Å². The highest BCUT2D eigenvalue weighted by molar-refractivity contribution is 9.11. The molecule has 1 aromatic rings. The Bertz CT molecular complexity index is 393. The van der Waals surface area contributed by atoms with E-state index in [1.807, 2.05) is 0 Å². The Balaban J connectivity index is 2.11. The van der Waals surface area contributed by atoms with Crippen molar-refractivity contribution in [2.75, 3.05) is 13.6 Å². The van der Waals surface area contributed by atoms with E-state index in [0.29, 0.717) is 5.92 Å². The number of thiophene rings is 1. The molecule has 1 aliphatic rings. The number of nitrogens with zero attached hydrogens (tertiary/aromatic N) is 1. The normalized spacial score (nSPS) is 28.8. The molecule has 1 aromatic heterocycles. The lowest BCUT2D eigenvalue weighted by molar-refractivity contribution is 0.0279. The SMILES string of the molecule is CC1CCCCC1(CN)N(C)Cc1csc(Br)c1. The summed E-state index contributed by atoms with van der Waals surface area (Å²) in [7, 11) is 2.24. The van der Waals surface area contributed by atoms with Gasteiger partial charge >= 0.3 is 0 Å². The van der Waals surface area contributed by atoms with Gasteiger partial charge in [-0.15, -0.1) is 11.3 Å². The van der Waals surface area contributed by atoms with Gasteiger partial charge in [-0.1, -0.05) is 19.8 Å². The van der Waals surface area contributed by atoms with Crippen LogP contribution in [-0.4, -0.2) is 24.0 Å². The average Bonchev–Trinajstić information content (AvgIpc) is 2.75. The van der Waals surface area contributed by atoms with Crippen LogP contribution in [0, 0.1) is 5.92 Å². The molecule has 0 amide bonds. The molecule has 0 saturated heterocycles. The van der Waals surface area contributed by atoms with Crippen molar-refractivity contribution in [2.24, 2.45) is 11.7 Å². The number of hydrogen-bond donors (Lipinski definition) is 1. The molecular weight excluding hydrogens is 308 g/mol. The van der Waals surface area contributed by atoms with Gasteiger partial charge in [0, 0.05) is 18.6 Å². The summed E-state index contributed by atoms with van der Waals surface area (Å²) in [5.74, 6) is 0.698. The minimum Gasteiger partial charge on any atom is -0.329 e. The second-order valence-corrected chi connectivity index (χ2v) is 7.86. The van der Waals surface area contributed by atoms with Gasteiger partial charge in [0.05, 0.1) is 3.79 Å². The quantitative estimate of drug-likeness (QED) is 0.908. The molecule has 2 nitrogen and oxygen atoms in total. The molecular formula is C14H23BrN2S. The minimum atomic E-state index is 0.201. The molecule has 0 bridgehead atoms. The zero-order chi connectivity index (χ0) is 13.2. The van der Waals surface area contributed by atoms with Crippen LogP contribution < -0.4 is 5.73 Å². The van der Waals surface area contributed by atoms with Gasteiger partial charge in [-0.05, 0) is 58.7 Å². The zero-order valence-electron chi connectivity index (χ0n) is 11.3. The van der Waals surface area contributed by atoms with Gasteiger partial charge in [-0.25, -0.2) is 0 Å². The monoisotopic (exact) mass is 330 g/mol. The highest BCUT2D eigenvalue weighted by Gasteiger charge is 2.40. The average molecular weight is 331 g/mol. The summed E-state index contributed by atoms with van der Waals surface area (Å²) in [6.45, 7) is 4.14. The maximum atomic E-state index is 6.14. The van der Waals surface area contributed by atoms with Gasteiger partial charge in [-0.2, -0.15) is 0 Å². The van der Waals surface area contributed by atoms with Crippen molar-refractivity contribution >= 4 is 27.3 Å². The Kier molecular flexibility index (Phi) is 4.86. The van der Waals surface area contributed by atoms with Crippen LogP contribution in [-0.2, 0) is 6.54 Å². The molecule has 2 unspecified atom stereocenters. The second-order valence-electron chi connectivity index (χ2n) is 5.57. The van der Waals surface area contributed by atoms with Crippen molar-refractivity contribution in [1.82, 2.24) is 4.90 Å². The first kappa shape index (κ1) is 14.5. The maximum Gasteiger partial charge on any atom is 0.0701 e. The van der Waals surface area contributed by atoms with Gasteiger partial charge in [0.1, 0.15) is 0 Å². The van der Waals surface area contributed by atoms with Crippen LogP contribution in [0.15, 0.2) is 15.2 Å². The van der Waals surface area contributed by atoms with Crippen molar-refractivity contribution < 1.29 is 0 Å². The minimum absolute atomic E-state index is 0.201. The fourth-order valence-corrected chi connectivity index (χ4v) is 4.48. The van der Waals surface area contributed by atoms with Gasteiger partial charge < -0.3 is 5.73 Å². The molecule has 0 aliphatic heterocycles. The van der Waals surface area contributed by atoms with Gasteiger partial charge in [0.2, 0.25) is 0 Å². The first-order valence-corrected chi connectivity index (χ1v) is 8.40. The Labute approximate surface area is 123 Å². The number of nitrogens with two attached hydrogens (primary N) is 1. The summed E-state index contributed by atoms with van der Waals surface area (Å²) >= 11 is 5.29. The molecule has 4 heteroatoms. The summed E-state index contributed by atoms with van der Waals surface area (Å²) in [5, 5.41) is 2.23. The van der Waals surface area contributed by atoms with E-state index in [2.05, 4.69) is 46.2 Å². The molecule has 1 saturated carbocycles. The standard InChI is InChI=1S/C14H23BrN2S/c1-11-5-3-4-6-14(11,10-16)17(2)8-12-7-13(15)18-9-12/h7,9,11H,3-6,8,10,16H2,1-2H3. The van der Waals surface area contributed by atoms with E-state index in [4.69, 9.17) is 5.73 Å². The topological polar surface area (TPSA) is 29.3 Å². The first-order valence-electron chi connectivity index (χ1n) is 6.73. The van der Waals surface area contributed by atoms with E-state index in [1.165, 1.54) is 35.0 Å². The molecule has 2 rings (SSSR count). The van der Waals surface area contributed by atoms with E-state index in [-0.39, 0.29) is 5.54 Å². The predicted molar refractivity (Wildman–Crippen MR) is 82.9 cm³/mol. The summed E-state index contributed by atoms with van der Waals surface area (Å²) in [6.07, 6.45) is 5.24. The van der Waals surface area contributed by atoms with Crippen LogP contribution in [0.3, 0.4) is 0 Å². The fourth-order valence-electron chi connectivity index (χ4n) is 3.28. The van der Waals surface area contributed by atoms with E-state index in [9.17, 15) is 0 Å². The number of halogens is 1. The third-order valence-corrected chi connectivity index (χ3v) is 6.12. The molecule has 0 aromatic carbocycles. The van der Waals surface area contributed by atoms with Crippen molar-refractivity contribution in [1.29, 1.82) is 0 Å². The van der Waals surface area contributed by atoms with Gasteiger partial charge in [0.25, 0.3) is 0 Å². The fraction of sp³-hybridized carbons (Fsp3) is 0.714. The van der Waals surface area contributed by atoms with Crippen LogP contribution in [0.4, 0.5) is 0 Å². The molecule has 2 N–H and O–H groups in total.